The zero-order valence-corrected chi connectivity index (χ0v) is 22.7. The Labute approximate surface area is 212 Å². The number of carbonyl (C=O) groups excluding carboxylic acids is 2. The minimum absolute atomic E-state index is 0.0695. The van der Waals surface area contributed by atoms with E-state index in [9.17, 15) is 9.59 Å². The van der Waals surface area contributed by atoms with E-state index < -0.39 is 0 Å². The zero-order chi connectivity index (χ0) is 24.1. The van der Waals surface area contributed by atoms with Crippen LogP contribution >= 0.6 is 31.9 Å². The number of ketones is 1. The monoisotopic (exact) mass is 580 g/mol. The van der Waals surface area contributed by atoms with Crippen molar-refractivity contribution in [1.82, 2.24) is 0 Å². The van der Waals surface area contributed by atoms with Crippen LogP contribution in [0, 0.1) is 5.92 Å². The maximum atomic E-state index is 13.3. The minimum atomic E-state index is -0.320. The maximum absolute atomic E-state index is 13.3. The molecule has 2 aromatic rings. The number of benzene rings is 2. The molecule has 0 aromatic heterocycles. The van der Waals surface area contributed by atoms with E-state index in [0.29, 0.717) is 44.1 Å². The van der Waals surface area contributed by atoms with Gasteiger partial charge in [0.15, 0.2) is 11.5 Å². The van der Waals surface area contributed by atoms with Gasteiger partial charge in [-0.1, -0.05) is 39.5 Å². The SMILES string of the molecule is COC(=O)Cc1cc(Br)c(Oc2cc(C(C)C)c(OC)cc2C(=O)CC2CCCC2)c(Br)c1. The second-order valence-electron chi connectivity index (χ2n) is 8.77. The summed E-state index contributed by atoms with van der Waals surface area (Å²) in [6.07, 6.45) is 5.24. The van der Waals surface area contributed by atoms with Gasteiger partial charge in [0.25, 0.3) is 0 Å². The first-order valence-corrected chi connectivity index (χ1v) is 12.8. The molecule has 1 aliphatic rings. The Balaban J connectivity index is 2.00. The van der Waals surface area contributed by atoms with E-state index in [1.807, 2.05) is 24.3 Å². The summed E-state index contributed by atoms with van der Waals surface area (Å²) in [5.74, 6) is 2.11. The summed E-state index contributed by atoms with van der Waals surface area (Å²) in [6.45, 7) is 4.16. The Hall–Kier alpha value is -1.86. The highest BCUT2D eigenvalue weighted by atomic mass is 79.9. The van der Waals surface area contributed by atoms with E-state index in [1.165, 1.54) is 20.0 Å². The van der Waals surface area contributed by atoms with Crippen LogP contribution in [0.15, 0.2) is 33.2 Å². The Bertz CT molecular complexity index is 1000. The van der Waals surface area contributed by atoms with Crippen molar-refractivity contribution in [2.24, 2.45) is 5.92 Å². The molecule has 0 radical (unpaired) electrons. The average Bonchev–Trinajstić information content (AvgIpc) is 3.28. The molecule has 33 heavy (non-hydrogen) atoms. The minimum Gasteiger partial charge on any atom is -0.496 e. The predicted octanol–water partition coefficient (Wildman–Crippen LogP) is 7.61. The van der Waals surface area contributed by atoms with E-state index >= 15 is 0 Å². The van der Waals surface area contributed by atoms with Crippen LogP contribution in [0.1, 0.15) is 73.4 Å². The summed E-state index contributed by atoms with van der Waals surface area (Å²) in [4.78, 5) is 25.0. The number of Topliss-reactive ketones (excluding diaryl/α,β-unsaturated/α-hetero) is 1. The van der Waals surface area contributed by atoms with Crippen molar-refractivity contribution in [2.45, 2.75) is 58.3 Å². The van der Waals surface area contributed by atoms with Gasteiger partial charge in [-0.3, -0.25) is 9.59 Å². The second kappa shape index (κ2) is 11.5. The fourth-order valence-electron chi connectivity index (χ4n) is 4.25. The van der Waals surface area contributed by atoms with Crippen molar-refractivity contribution in [2.75, 3.05) is 14.2 Å². The van der Waals surface area contributed by atoms with Gasteiger partial charge < -0.3 is 14.2 Å². The molecule has 5 nitrogen and oxygen atoms in total. The molecule has 7 heteroatoms. The van der Waals surface area contributed by atoms with E-state index in [-0.39, 0.29) is 24.1 Å². The van der Waals surface area contributed by atoms with E-state index in [4.69, 9.17) is 14.2 Å². The molecule has 1 aliphatic carbocycles. The van der Waals surface area contributed by atoms with Crippen molar-refractivity contribution < 1.29 is 23.8 Å². The zero-order valence-electron chi connectivity index (χ0n) is 19.5. The van der Waals surface area contributed by atoms with Crippen molar-refractivity contribution in [1.29, 1.82) is 0 Å². The number of hydrogen-bond acceptors (Lipinski definition) is 5. The first-order valence-electron chi connectivity index (χ1n) is 11.2. The molecule has 0 atom stereocenters. The van der Waals surface area contributed by atoms with Gasteiger partial charge >= 0.3 is 5.97 Å². The van der Waals surface area contributed by atoms with Crippen LogP contribution in [0.2, 0.25) is 0 Å². The Morgan fingerprint density at radius 3 is 2.18 bits per heavy atom. The lowest BCUT2D eigenvalue weighted by Gasteiger charge is -2.19. The second-order valence-corrected chi connectivity index (χ2v) is 10.5. The molecule has 0 N–H and O–H groups in total. The summed E-state index contributed by atoms with van der Waals surface area (Å²) in [6, 6.07) is 7.37. The fraction of sp³-hybridized carbons (Fsp3) is 0.462. The highest BCUT2D eigenvalue weighted by Gasteiger charge is 2.25. The third-order valence-corrected chi connectivity index (χ3v) is 7.23. The van der Waals surface area contributed by atoms with E-state index in [0.717, 1.165) is 24.0 Å². The molecule has 178 valence electrons. The van der Waals surface area contributed by atoms with Crippen LogP contribution < -0.4 is 9.47 Å². The molecule has 1 fully saturated rings. The summed E-state index contributed by atoms with van der Waals surface area (Å²) >= 11 is 7.12. The number of ether oxygens (including phenoxy) is 3. The van der Waals surface area contributed by atoms with Gasteiger partial charge in [0.2, 0.25) is 0 Å². The van der Waals surface area contributed by atoms with Crippen LogP contribution in [0.25, 0.3) is 0 Å². The topological polar surface area (TPSA) is 61.8 Å². The molecule has 0 saturated heterocycles. The van der Waals surface area contributed by atoms with Gasteiger partial charge in [-0.25, -0.2) is 0 Å². The summed E-state index contributed by atoms with van der Waals surface area (Å²) in [7, 11) is 2.99. The summed E-state index contributed by atoms with van der Waals surface area (Å²) in [5.41, 5.74) is 2.28. The lowest BCUT2D eigenvalue weighted by molar-refractivity contribution is -0.139. The summed E-state index contributed by atoms with van der Waals surface area (Å²) < 4.78 is 18.1. The van der Waals surface area contributed by atoms with Crippen LogP contribution in [-0.4, -0.2) is 26.0 Å². The number of esters is 1. The average molecular weight is 582 g/mol. The molecular formula is C26H30Br2O5. The molecule has 0 unspecified atom stereocenters. The molecule has 0 aliphatic heterocycles. The first-order chi connectivity index (χ1) is 15.7. The lowest BCUT2D eigenvalue weighted by Crippen LogP contribution is -2.09. The summed E-state index contributed by atoms with van der Waals surface area (Å²) in [5, 5.41) is 0. The fourth-order valence-corrected chi connectivity index (χ4v) is 5.70. The molecule has 2 aromatic carbocycles. The molecule has 0 amide bonds. The number of hydrogen-bond donors (Lipinski definition) is 0. The van der Waals surface area contributed by atoms with Gasteiger partial charge in [0.05, 0.1) is 35.1 Å². The van der Waals surface area contributed by atoms with Gasteiger partial charge in [-0.05, 0) is 73.5 Å². The van der Waals surface area contributed by atoms with Crippen LogP contribution in [0.3, 0.4) is 0 Å². The van der Waals surface area contributed by atoms with Gasteiger partial charge in [-0.15, -0.1) is 0 Å². The van der Waals surface area contributed by atoms with Crippen molar-refractivity contribution in [3.63, 3.8) is 0 Å². The lowest BCUT2D eigenvalue weighted by atomic mass is 9.93. The van der Waals surface area contributed by atoms with Gasteiger partial charge in [-0.2, -0.15) is 0 Å². The Kier molecular flexibility index (Phi) is 8.99. The normalized spacial score (nSPS) is 13.9. The van der Waals surface area contributed by atoms with Crippen LogP contribution in [0.5, 0.6) is 17.2 Å². The Morgan fingerprint density at radius 1 is 1.00 bits per heavy atom. The standard InChI is InChI=1S/C26H30Br2O5/c1-15(2)18-13-24(19(14-23(18)31-3)22(29)11-16-7-5-6-8-16)33-26-20(27)9-17(10-21(26)28)12-25(30)32-4/h9-10,13-16H,5-8,11-12H2,1-4H3. The maximum Gasteiger partial charge on any atom is 0.309 e. The highest BCUT2D eigenvalue weighted by Crippen LogP contribution is 2.42. The van der Waals surface area contributed by atoms with Gasteiger partial charge in [0.1, 0.15) is 11.5 Å². The quantitative estimate of drug-likeness (QED) is 0.225. The molecule has 0 bridgehead atoms. The molecule has 1 saturated carbocycles. The Morgan fingerprint density at radius 2 is 1.64 bits per heavy atom. The molecule has 0 spiro atoms. The number of halogens is 2. The first kappa shape index (κ1) is 25.8. The predicted molar refractivity (Wildman–Crippen MR) is 136 cm³/mol. The van der Waals surface area contributed by atoms with Crippen molar-refractivity contribution in [3.8, 4) is 17.2 Å². The largest absolute Gasteiger partial charge is 0.496 e. The van der Waals surface area contributed by atoms with Crippen molar-refractivity contribution in [3.05, 3.63) is 49.9 Å². The van der Waals surface area contributed by atoms with Crippen molar-refractivity contribution >= 4 is 43.6 Å². The third-order valence-electron chi connectivity index (χ3n) is 6.05. The highest BCUT2D eigenvalue weighted by molar-refractivity contribution is 9.11. The molecule has 3 rings (SSSR count). The molecular weight excluding hydrogens is 552 g/mol. The van der Waals surface area contributed by atoms with Crippen LogP contribution in [-0.2, 0) is 16.0 Å². The van der Waals surface area contributed by atoms with E-state index in [2.05, 4.69) is 45.7 Å². The third kappa shape index (κ3) is 6.38. The smallest absolute Gasteiger partial charge is 0.309 e. The van der Waals surface area contributed by atoms with E-state index in [1.54, 1.807) is 7.11 Å². The molecule has 0 heterocycles. The van der Waals surface area contributed by atoms with Crippen LogP contribution in [0.4, 0.5) is 0 Å². The number of methoxy groups -OCH3 is 2. The number of carbonyl (C=O) groups is 2. The number of rotatable bonds is 9. The van der Waals surface area contributed by atoms with Gasteiger partial charge in [0, 0.05) is 12.0 Å².